The second kappa shape index (κ2) is 7.39. The number of aromatic nitrogens is 2. The summed E-state index contributed by atoms with van der Waals surface area (Å²) in [5.74, 6) is -0.508. The first-order valence-electron chi connectivity index (χ1n) is 7.87. The molecule has 0 saturated carbocycles. The van der Waals surface area contributed by atoms with Gasteiger partial charge in [0.15, 0.2) is 0 Å². The topological polar surface area (TPSA) is 69.3 Å². The zero-order valence-corrected chi connectivity index (χ0v) is 13.6. The Bertz CT molecular complexity index is 633. The number of H-pyrrole nitrogens is 1. The van der Waals surface area contributed by atoms with Gasteiger partial charge in [-0.1, -0.05) is 19.9 Å². The minimum Gasteiger partial charge on any atom is -0.339 e. The molecule has 6 nitrogen and oxygen atoms in total. The second-order valence-corrected chi connectivity index (χ2v) is 5.94. The summed E-state index contributed by atoms with van der Waals surface area (Å²) in [4.78, 5) is 34.1. The Kier molecular flexibility index (Phi) is 5.52. The predicted molar refractivity (Wildman–Crippen MR) is 87.1 cm³/mol. The SMILES string of the molecule is C=CCCC(=O)N1CCN(c2nc(C(C)C)c(F)c(=O)[nH]2)CC1. The van der Waals surface area contributed by atoms with Gasteiger partial charge in [0.25, 0.3) is 5.56 Å². The molecule has 1 fully saturated rings. The molecule has 0 spiro atoms. The van der Waals surface area contributed by atoms with Crippen molar-refractivity contribution in [1.82, 2.24) is 14.9 Å². The maximum absolute atomic E-state index is 13.8. The van der Waals surface area contributed by atoms with Gasteiger partial charge in [-0.15, -0.1) is 6.58 Å². The molecule has 1 N–H and O–H groups in total. The summed E-state index contributed by atoms with van der Waals surface area (Å²) in [6.45, 7) is 9.46. The summed E-state index contributed by atoms with van der Waals surface area (Å²) in [6.07, 6.45) is 2.87. The molecule has 126 valence electrons. The van der Waals surface area contributed by atoms with E-state index in [4.69, 9.17) is 0 Å². The quantitative estimate of drug-likeness (QED) is 0.837. The molecule has 1 amide bonds. The van der Waals surface area contributed by atoms with Gasteiger partial charge in [0.2, 0.25) is 17.7 Å². The first-order chi connectivity index (χ1) is 10.9. The van der Waals surface area contributed by atoms with Crippen LogP contribution >= 0.6 is 0 Å². The highest BCUT2D eigenvalue weighted by Crippen LogP contribution is 2.17. The van der Waals surface area contributed by atoms with Crippen LogP contribution in [0.15, 0.2) is 17.4 Å². The smallest absolute Gasteiger partial charge is 0.288 e. The molecule has 0 radical (unpaired) electrons. The fourth-order valence-electron chi connectivity index (χ4n) is 2.55. The lowest BCUT2D eigenvalue weighted by molar-refractivity contribution is -0.131. The number of piperazine rings is 1. The lowest BCUT2D eigenvalue weighted by Gasteiger charge is -2.35. The normalized spacial score (nSPS) is 15.1. The van der Waals surface area contributed by atoms with Crippen molar-refractivity contribution in [3.05, 3.63) is 34.5 Å². The Labute approximate surface area is 135 Å². The van der Waals surface area contributed by atoms with Gasteiger partial charge in [-0.2, -0.15) is 4.39 Å². The Balaban J connectivity index is 2.07. The number of nitrogens with one attached hydrogen (secondary N) is 1. The highest BCUT2D eigenvalue weighted by Gasteiger charge is 2.23. The molecule has 0 bridgehead atoms. The van der Waals surface area contributed by atoms with Gasteiger partial charge in [0, 0.05) is 32.6 Å². The zero-order valence-electron chi connectivity index (χ0n) is 13.6. The molecule has 1 aromatic heterocycles. The van der Waals surface area contributed by atoms with E-state index in [9.17, 15) is 14.0 Å². The number of hydrogen-bond donors (Lipinski definition) is 1. The fraction of sp³-hybridized carbons (Fsp3) is 0.562. The summed E-state index contributed by atoms with van der Waals surface area (Å²) < 4.78 is 13.8. The van der Waals surface area contributed by atoms with Crippen molar-refractivity contribution in [3.8, 4) is 0 Å². The molecule has 0 aliphatic carbocycles. The van der Waals surface area contributed by atoms with E-state index in [1.54, 1.807) is 24.8 Å². The van der Waals surface area contributed by atoms with Crippen LogP contribution < -0.4 is 10.5 Å². The van der Waals surface area contributed by atoms with E-state index < -0.39 is 11.4 Å². The van der Waals surface area contributed by atoms with Crippen LogP contribution in [0.25, 0.3) is 0 Å². The minimum atomic E-state index is -0.818. The Hall–Kier alpha value is -2.18. The summed E-state index contributed by atoms with van der Waals surface area (Å²) in [7, 11) is 0. The fourth-order valence-corrected chi connectivity index (χ4v) is 2.55. The Morgan fingerprint density at radius 2 is 2.04 bits per heavy atom. The number of allylic oxidation sites excluding steroid dienone is 1. The standard InChI is InChI=1S/C16H23FN4O2/c1-4-5-6-12(22)20-7-9-21(10-8-20)16-18-14(11(2)3)13(17)15(23)19-16/h4,11H,1,5-10H2,2-3H3,(H,18,19,23). The second-order valence-electron chi connectivity index (χ2n) is 5.94. The van der Waals surface area contributed by atoms with Crippen molar-refractivity contribution < 1.29 is 9.18 Å². The minimum absolute atomic E-state index is 0.105. The molecule has 1 saturated heterocycles. The van der Waals surface area contributed by atoms with Crippen LogP contribution in [0.5, 0.6) is 0 Å². The molecule has 2 rings (SSSR count). The number of carbonyl (C=O) groups excluding carboxylic acids is 1. The molecule has 2 heterocycles. The van der Waals surface area contributed by atoms with Crippen LogP contribution in [0.3, 0.4) is 0 Å². The first-order valence-corrected chi connectivity index (χ1v) is 7.87. The number of anilines is 1. The lowest BCUT2D eigenvalue weighted by Crippen LogP contribution is -2.49. The van der Waals surface area contributed by atoms with Crippen LogP contribution in [-0.4, -0.2) is 47.0 Å². The van der Waals surface area contributed by atoms with Gasteiger partial charge < -0.3 is 9.80 Å². The summed E-state index contributed by atoms with van der Waals surface area (Å²) in [6, 6.07) is 0. The Morgan fingerprint density at radius 1 is 1.39 bits per heavy atom. The van der Waals surface area contributed by atoms with Crippen LogP contribution in [0.4, 0.5) is 10.3 Å². The van der Waals surface area contributed by atoms with E-state index in [0.717, 1.165) is 0 Å². The molecule has 0 unspecified atom stereocenters. The maximum atomic E-state index is 13.8. The number of hydrogen-bond acceptors (Lipinski definition) is 4. The van der Waals surface area contributed by atoms with Crippen molar-refractivity contribution in [2.45, 2.75) is 32.6 Å². The first kappa shape index (κ1) is 17.2. The average Bonchev–Trinajstić information content (AvgIpc) is 2.54. The monoisotopic (exact) mass is 322 g/mol. The number of halogens is 1. The molecule has 1 aliphatic heterocycles. The third-order valence-corrected chi connectivity index (χ3v) is 3.92. The van der Waals surface area contributed by atoms with Gasteiger partial charge >= 0.3 is 0 Å². The van der Waals surface area contributed by atoms with E-state index in [-0.39, 0.29) is 17.5 Å². The molecule has 23 heavy (non-hydrogen) atoms. The molecule has 1 aromatic rings. The third-order valence-electron chi connectivity index (χ3n) is 3.92. The van der Waals surface area contributed by atoms with Crippen LogP contribution in [-0.2, 0) is 4.79 Å². The molecular weight excluding hydrogens is 299 g/mol. The maximum Gasteiger partial charge on any atom is 0.288 e. The summed E-state index contributed by atoms with van der Waals surface area (Å²) >= 11 is 0. The zero-order chi connectivity index (χ0) is 17.0. The van der Waals surface area contributed by atoms with Crippen LogP contribution in [0, 0.1) is 5.82 Å². The van der Waals surface area contributed by atoms with Crippen molar-refractivity contribution >= 4 is 11.9 Å². The van der Waals surface area contributed by atoms with Gasteiger partial charge in [-0.25, -0.2) is 4.98 Å². The largest absolute Gasteiger partial charge is 0.339 e. The molecular formula is C16H23FN4O2. The molecule has 1 aliphatic rings. The third kappa shape index (κ3) is 3.97. The number of amides is 1. The van der Waals surface area contributed by atoms with E-state index in [0.29, 0.717) is 45.0 Å². The van der Waals surface area contributed by atoms with Crippen molar-refractivity contribution in [1.29, 1.82) is 0 Å². The van der Waals surface area contributed by atoms with Gasteiger partial charge in [0.1, 0.15) is 0 Å². The molecule has 0 atom stereocenters. The lowest BCUT2D eigenvalue weighted by atomic mass is 10.1. The highest BCUT2D eigenvalue weighted by atomic mass is 19.1. The molecule has 0 aromatic carbocycles. The van der Waals surface area contributed by atoms with Gasteiger partial charge in [-0.3, -0.25) is 14.6 Å². The highest BCUT2D eigenvalue weighted by molar-refractivity contribution is 5.76. The van der Waals surface area contributed by atoms with E-state index in [1.807, 2.05) is 4.90 Å². The van der Waals surface area contributed by atoms with E-state index in [2.05, 4.69) is 16.5 Å². The van der Waals surface area contributed by atoms with Crippen LogP contribution in [0.2, 0.25) is 0 Å². The van der Waals surface area contributed by atoms with Gasteiger partial charge in [-0.05, 0) is 12.3 Å². The Morgan fingerprint density at radius 3 is 2.61 bits per heavy atom. The summed E-state index contributed by atoms with van der Waals surface area (Å²) in [5.41, 5.74) is -0.573. The molecule has 7 heteroatoms. The van der Waals surface area contributed by atoms with E-state index in [1.165, 1.54) is 0 Å². The average molecular weight is 322 g/mol. The van der Waals surface area contributed by atoms with Gasteiger partial charge in [0.05, 0.1) is 5.69 Å². The predicted octanol–water partition coefficient (Wildman–Crippen LogP) is 1.65. The van der Waals surface area contributed by atoms with E-state index >= 15 is 0 Å². The number of rotatable bonds is 5. The van der Waals surface area contributed by atoms with Crippen molar-refractivity contribution in [3.63, 3.8) is 0 Å². The summed E-state index contributed by atoms with van der Waals surface area (Å²) in [5, 5.41) is 0. The number of nitrogens with zero attached hydrogens (tertiary/aromatic N) is 3. The number of aromatic amines is 1. The van der Waals surface area contributed by atoms with Crippen LogP contribution in [0.1, 0.15) is 38.3 Å². The van der Waals surface area contributed by atoms with Crippen molar-refractivity contribution in [2.75, 3.05) is 31.1 Å². The van der Waals surface area contributed by atoms with Crippen molar-refractivity contribution in [2.24, 2.45) is 0 Å². The number of carbonyl (C=O) groups is 1.